The van der Waals surface area contributed by atoms with Crippen LogP contribution in [0.2, 0.25) is 0 Å². The standard InChI is InChI=1S/C18H28N2O4.C4H4O4/c1-6-10-23-16-9-7-8-14(17(16)22-5)11-20-24-13-15(21)12-19-18(2,3)4;5-3(6)1-2-4(7)8/h6-9,11,15,19,21H,1,10,12-13H2,2-5H3;1-2H,(H,5,6)(H,7,8)/b20-11+;2-1+. The summed E-state index contributed by atoms with van der Waals surface area (Å²) in [6.45, 7) is 10.7. The number of oxime groups is 1. The molecule has 4 N–H and O–H groups in total. The van der Waals surface area contributed by atoms with Crippen LogP contribution in [0.3, 0.4) is 0 Å². The van der Waals surface area contributed by atoms with Crippen LogP contribution >= 0.6 is 0 Å². The number of nitrogens with one attached hydrogen (secondary N) is 1. The Morgan fingerprint density at radius 2 is 1.84 bits per heavy atom. The number of aliphatic carboxylic acids is 2. The van der Waals surface area contributed by atoms with E-state index >= 15 is 0 Å². The Morgan fingerprint density at radius 1 is 1.22 bits per heavy atom. The number of benzene rings is 1. The van der Waals surface area contributed by atoms with E-state index in [9.17, 15) is 14.7 Å². The fraction of sp³-hybridized carbons (Fsp3) is 0.409. The Morgan fingerprint density at radius 3 is 2.34 bits per heavy atom. The van der Waals surface area contributed by atoms with Crippen LogP contribution in [0, 0.1) is 0 Å². The third-order valence-corrected chi connectivity index (χ3v) is 3.34. The van der Waals surface area contributed by atoms with Gasteiger partial charge in [-0.3, -0.25) is 0 Å². The number of β-amino-alcohol motifs (C(OH)–C–C–N with tert-alkyl or cyclic N) is 1. The third kappa shape index (κ3) is 14.6. The van der Waals surface area contributed by atoms with Gasteiger partial charge >= 0.3 is 11.9 Å². The van der Waals surface area contributed by atoms with E-state index in [0.29, 0.717) is 36.8 Å². The molecule has 1 rings (SSSR count). The molecule has 10 nitrogen and oxygen atoms in total. The minimum absolute atomic E-state index is 0.0521. The molecule has 1 atom stereocenters. The maximum absolute atomic E-state index is 9.84. The summed E-state index contributed by atoms with van der Waals surface area (Å²) in [4.78, 5) is 24.3. The zero-order valence-corrected chi connectivity index (χ0v) is 18.8. The molecule has 1 unspecified atom stereocenters. The molecule has 0 bridgehead atoms. The van der Waals surface area contributed by atoms with Crippen LogP contribution in [0.15, 0.2) is 48.2 Å². The van der Waals surface area contributed by atoms with E-state index in [-0.39, 0.29) is 12.1 Å². The normalized spacial score (nSPS) is 12.0. The van der Waals surface area contributed by atoms with Gasteiger partial charge in [0.05, 0.1) is 13.3 Å². The zero-order valence-electron chi connectivity index (χ0n) is 18.8. The van der Waals surface area contributed by atoms with Crippen LogP contribution in [-0.4, -0.2) is 72.0 Å². The van der Waals surface area contributed by atoms with E-state index in [1.165, 1.54) is 6.21 Å². The Bertz CT molecular complexity index is 769. The summed E-state index contributed by atoms with van der Waals surface area (Å²) in [6, 6.07) is 5.48. The summed E-state index contributed by atoms with van der Waals surface area (Å²) in [7, 11) is 1.57. The van der Waals surface area contributed by atoms with Crippen molar-refractivity contribution in [3.8, 4) is 11.5 Å². The number of para-hydroxylation sites is 1. The number of nitrogens with zero attached hydrogens (tertiary/aromatic N) is 1. The van der Waals surface area contributed by atoms with Gasteiger partial charge in [0.2, 0.25) is 0 Å². The topological polar surface area (TPSA) is 147 Å². The molecule has 0 spiro atoms. The fourth-order valence-corrected chi connectivity index (χ4v) is 1.96. The van der Waals surface area contributed by atoms with Gasteiger partial charge in [-0.15, -0.1) is 0 Å². The molecule has 0 saturated carbocycles. The van der Waals surface area contributed by atoms with Crippen molar-refractivity contribution in [1.29, 1.82) is 0 Å². The SMILES string of the molecule is C=CCOc1cccc(/C=N/OCC(O)CNC(C)(C)C)c1OC.O=C(O)/C=C/C(=O)O. The highest BCUT2D eigenvalue weighted by Crippen LogP contribution is 2.29. The molecule has 10 heteroatoms. The smallest absolute Gasteiger partial charge is 0.328 e. The maximum Gasteiger partial charge on any atom is 0.328 e. The second-order valence-electron chi connectivity index (χ2n) is 7.30. The Balaban J connectivity index is 0.00000102. The van der Waals surface area contributed by atoms with Crippen molar-refractivity contribution < 1.29 is 39.2 Å². The lowest BCUT2D eigenvalue weighted by atomic mass is 10.1. The number of rotatable bonds is 12. The van der Waals surface area contributed by atoms with E-state index in [1.54, 1.807) is 13.2 Å². The molecule has 0 heterocycles. The van der Waals surface area contributed by atoms with Crippen LogP contribution in [0.1, 0.15) is 26.3 Å². The lowest BCUT2D eigenvalue weighted by Gasteiger charge is -2.22. The van der Waals surface area contributed by atoms with Gasteiger partial charge in [0, 0.05) is 29.8 Å². The molecule has 0 amide bonds. The van der Waals surface area contributed by atoms with E-state index in [0.717, 1.165) is 5.56 Å². The number of aliphatic hydroxyl groups is 1. The van der Waals surface area contributed by atoms with Crippen molar-refractivity contribution in [3.05, 3.63) is 48.6 Å². The average molecular weight is 453 g/mol. The molecular formula is C22H32N2O8. The minimum atomic E-state index is -1.26. The Labute approximate surface area is 187 Å². The van der Waals surface area contributed by atoms with Gasteiger partial charge in [-0.05, 0) is 32.9 Å². The Kier molecular flexibility index (Phi) is 13.8. The molecule has 0 aliphatic carbocycles. The first-order chi connectivity index (χ1) is 15.0. The third-order valence-electron chi connectivity index (χ3n) is 3.34. The largest absolute Gasteiger partial charge is 0.492 e. The summed E-state index contributed by atoms with van der Waals surface area (Å²) in [5, 5.41) is 32.5. The maximum atomic E-state index is 9.84. The zero-order chi connectivity index (χ0) is 24.6. The second kappa shape index (κ2) is 15.4. The van der Waals surface area contributed by atoms with E-state index in [2.05, 4.69) is 17.1 Å². The molecule has 0 aromatic heterocycles. The number of hydrogen-bond acceptors (Lipinski definition) is 8. The van der Waals surface area contributed by atoms with E-state index in [4.69, 9.17) is 24.5 Å². The molecule has 0 aliphatic heterocycles. The summed E-state index contributed by atoms with van der Waals surface area (Å²) in [6.07, 6.45) is 3.68. The highest BCUT2D eigenvalue weighted by atomic mass is 16.6. The molecule has 0 aliphatic rings. The number of carboxylic acid groups (broad SMARTS) is 2. The van der Waals surface area contributed by atoms with E-state index < -0.39 is 18.0 Å². The highest BCUT2D eigenvalue weighted by molar-refractivity contribution is 5.89. The number of ether oxygens (including phenoxy) is 2. The van der Waals surface area contributed by atoms with Crippen LogP contribution in [0.25, 0.3) is 0 Å². The van der Waals surface area contributed by atoms with Gasteiger partial charge < -0.3 is 34.9 Å². The quantitative estimate of drug-likeness (QED) is 0.162. The van der Waals surface area contributed by atoms with E-state index in [1.807, 2.05) is 39.0 Å². The molecule has 1 aromatic rings. The summed E-state index contributed by atoms with van der Waals surface area (Å²) in [5.41, 5.74) is 0.671. The monoisotopic (exact) mass is 452 g/mol. The average Bonchev–Trinajstić information content (AvgIpc) is 2.72. The molecule has 1 aromatic carbocycles. The first-order valence-corrected chi connectivity index (χ1v) is 9.63. The summed E-state index contributed by atoms with van der Waals surface area (Å²) < 4.78 is 10.9. The molecule has 32 heavy (non-hydrogen) atoms. The summed E-state index contributed by atoms with van der Waals surface area (Å²) >= 11 is 0. The van der Waals surface area contributed by atoms with Crippen LogP contribution in [-0.2, 0) is 14.4 Å². The van der Waals surface area contributed by atoms with Crippen molar-refractivity contribution >= 4 is 18.2 Å². The fourth-order valence-electron chi connectivity index (χ4n) is 1.96. The predicted octanol–water partition coefficient (Wildman–Crippen LogP) is 2.07. The van der Waals surface area contributed by atoms with Crippen molar-refractivity contribution in [1.82, 2.24) is 5.32 Å². The van der Waals surface area contributed by atoms with Crippen molar-refractivity contribution in [2.75, 3.05) is 26.9 Å². The second-order valence-corrected chi connectivity index (χ2v) is 7.30. The molecule has 0 saturated heterocycles. The van der Waals surface area contributed by atoms with Crippen LogP contribution < -0.4 is 14.8 Å². The van der Waals surface area contributed by atoms with Gasteiger partial charge in [-0.25, -0.2) is 9.59 Å². The van der Waals surface area contributed by atoms with Gasteiger partial charge in [0.15, 0.2) is 11.5 Å². The van der Waals surface area contributed by atoms with Gasteiger partial charge in [0.25, 0.3) is 0 Å². The number of carbonyl (C=O) groups is 2. The number of hydrogen-bond donors (Lipinski definition) is 4. The highest BCUT2D eigenvalue weighted by Gasteiger charge is 2.12. The molecular weight excluding hydrogens is 420 g/mol. The lowest BCUT2D eigenvalue weighted by Crippen LogP contribution is -2.42. The van der Waals surface area contributed by atoms with Crippen molar-refractivity contribution in [2.24, 2.45) is 5.16 Å². The predicted molar refractivity (Wildman–Crippen MR) is 120 cm³/mol. The first kappa shape index (κ1) is 28.6. The molecule has 178 valence electrons. The Hall–Kier alpha value is -3.37. The first-order valence-electron chi connectivity index (χ1n) is 9.63. The van der Waals surface area contributed by atoms with Crippen LogP contribution in [0.5, 0.6) is 11.5 Å². The summed E-state index contributed by atoms with van der Waals surface area (Å²) in [5.74, 6) is -1.34. The van der Waals surface area contributed by atoms with Gasteiger partial charge in [-0.1, -0.05) is 23.9 Å². The van der Waals surface area contributed by atoms with Crippen molar-refractivity contribution in [2.45, 2.75) is 32.4 Å². The molecule has 0 radical (unpaired) electrons. The van der Waals surface area contributed by atoms with Crippen LogP contribution in [0.4, 0.5) is 0 Å². The number of carboxylic acids is 2. The number of aliphatic hydroxyl groups excluding tert-OH is 1. The van der Waals surface area contributed by atoms with Gasteiger partial charge in [-0.2, -0.15) is 0 Å². The molecule has 0 fully saturated rings. The van der Waals surface area contributed by atoms with Gasteiger partial charge in [0.1, 0.15) is 19.3 Å². The number of methoxy groups -OCH3 is 1. The lowest BCUT2D eigenvalue weighted by molar-refractivity contribution is -0.134. The van der Waals surface area contributed by atoms with Crippen molar-refractivity contribution in [3.63, 3.8) is 0 Å². The minimum Gasteiger partial charge on any atom is -0.492 e.